The molecule has 0 atom stereocenters. The molecule has 5 heteroatoms. The molecule has 0 radical (unpaired) electrons. The standard InChI is InChI=1S/C13H16ClN3O/c1-13(2,15)12-7-16-8-17(12)9-4-5-11(18-3)10(14)6-9/h4-8H,15H2,1-3H3. The van der Waals surface area contributed by atoms with E-state index < -0.39 is 5.54 Å². The molecule has 0 aliphatic heterocycles. The molecule has 0 aliphatic carbocycles. The summed E-state index contributed by atoms with van der Waals surface area (Å²) in [4.78, 5) is 4.15. The fourth-order valence-electron chi connectivity index (χ4n) is 1.78. The van der Waals surface area contributed by atoms with Gasteiger partial charge in [0, 0.05) is 5.69 Å². The summed E-state index contributed by atoms with van der Waals surface area (Å²) in [6.07, 6.45) is 3.49. The zero-order valence-corrected chi connectivity index (χ0v) is 11.4. The molecular formula is C13H16ClN3O. The first-order valence-corrected chi connectivity index (χ1v) is 5.97. The molecular weight excluding hydrogens is 250 g/mol. The third-order valence-electron chi connectivity index (χ3n) is 2.71. The van der Waals surface area contributed by atoms with E-state index in [1.165, 1.54) is 0 Å². The highest BCUT2D eigenvalue weighted by atomic mass is 35.5. The van der Waals surface area contributed by atoms with E-state index in [0.29, 0.717) is 10.8 Å². The number of aromatic nitrogens is 2. The largest absolute Gasteiger partial charge is 0.495 e. The van der Waals surface area contributed by atoms with E-state index >= 15 is 0 Å². The van der Waals surface area contributed by atoms with Gasteiger partial charge in [-0.2, -0.15) is 0 Å². The molecule has 18 heavy (non-hydrogen) atoms. The Kier molecular flexibility index (Phi) is 3.32. The fraction of sp³-hybridized carbons (Fsp3) is 0.308. The molecule has 2 rings (SSSR count). The van der Waals surface area contributed by atoms with E-state index in [9.17, 15) is 0 Å². The Hall–Kier alpha value is -1.52. The Morgan fingerprint density at radius 2 is 2.11 bits per heavy atom. The molecule has 0 bridgehead atoms. The molecule has 2 aromatic rings. The molecule has 0 fully saturated rings. The van der Waals surface area contributed by atoms with Crippen LogP contribution in [0, 0.1) is 0 Å². The van der Waals surface area contributed by atoms with E-state index in [0.717, 1.165) is 11.4 Å². The molecule has 0 saturated heterocycles. The van der Waals surface area contributed by atoms with E-state index in [1.54, 1.807) is 19.6 Å². The molecule has 0 spiro atoms. The molecule has 4 nitrogen and oxygen atoms in total. The van der Waals surface area contributed by atoms with Gasteiger partial charge < -0.3 is 15.0 Å². The second-order valence-corrected chi connectivity index (χ2v) is 5.10. The quantitative estimate of drug-likeness (QED) is 0.928. The fourth-order valence-corrected chi connectivity index (χ4v) is 2.03. The van der Waals surface area contributed by atoms with Crippen LogP contribution in [0.4, 0.5) is 0 Å². The van der Waals surface area contributed by atoms with Crippen LogP contribution in [0.3, 0.4) is 0 Å². The highest BCUT2D eigenvalue weighted by molar-refractivity contribution is 6.32. The lowest BCUT2D eigenvalue weighted by Gasteiger charge is -2.21. The van der Waals surface area contributed by atoms with Crippen molar-refractivity contribution in [2.45, 2.75) is 19.4 Å². The molecule has 1 aromatic heterocycles. The monoisotopic (exact) mass is 265 g/mol. The van der Waals surface area contributed by atoms with Gasteiger partial charge in [0.15, 0.2) is 0 Å². The van der Waals surface area contributed by atoms with Crippen molar-refractivity contribution in [1.82, 2.24) is 9.55 Å². The van der Waals surface area contributed by atoms with Crippen LogP contribution >= 0.6 is 11.6 Å². The number of hydrogen-bond acceptors (Lipinski definition) is 3. The van der Waals surface area contributed by atoms with Crippen molar-refractivity contribution in [3.8, 4) is 11.4 Å². The third-order valence-corrected chi connectivity index (χ3v) is 3.01. The summed E-state index contributed by atoms with van der Waals surface area (Å²) >= 11 is 6.12. The van der Waals surface area contributed by atoms with Crippen LogP contribution in [0.5, 0.6) is 5.75 Å². The summed E-state index contributed by atoms with van der Waals surface area (Å²) in [6.45, 7) is 3.87. The van der Waals surface area contributed by atoms with Crippen LogP contribution in [0.15, 0.2) is 30.7 Å². The van der Waals surface area contributed by atoms with Crippen molar-refractivity contribution in [2.75, 3.05) is 7.11 Å². The van der Waals surface area contributed by atoms with Crippen molar-refractivity contribution in [3.63, 3.8) is 0 Å². The third kappa shape index (κ3) is 2.35. The number of rotatable bonds is 3. The van der Waals surface area contributed by atoms with Crippen LogP contribution in [0.25, 0.3) is 5.69 Å². The molecule has 96 valence electrons. The van der Waals surface area contributed by atoms with E-state index in [1.807, 2.05) is 36.6 Å². The summed E-state index contributed by atoms with van der Waals surface area (Å²) in [6, 6.07) is 5.57. The number of benzene rings is 1. The van der Waals surface area contributed by atoms with Gasteiger partial charge in [-0.1, -0.05) is 11.6 Å². The first-order chi connectivity index (χ1) is 8.43. The van der Waals surface area contributed by atoms with Crippen LogP contribution in [-0.2, 0) is 5.54 Å². The zero-order valence-electron chi connectivity index (χ0n) is 10.6. The maximum atomic E-state index is 6.12. The smallest absolute Gasteiger partial charge is 0.137 e. The molecule has 0 aliphatic rings. The first-order valence-electron chi connectivity index (χ1n) is 5.59. The maximum Gasteiger partial charge on any atom is 0.137 e. The average Bonchev–Trinajstić information content (AvgIpc) is 2.77. The Morgan fingerprint density at radius 3 is 2.67 bits per heavy atom. The van der Waals surface area contributed by atoms with Crippen LogP contribution in [0.1, 0.15) is 19.5 Å². The molecule has 0 saturated carbocycles. The Bertz CT molecular complexity index is 558. The SMILES string of the molecule is COc1ccc(-n2cncc2C(C)(C)N)cc1Cl. The minimum atomic E-state index is -0.469. The van der Waals surface area contributed by atoms with Crippen molar-refractivity contribution < 1.29 is 4.74 Å². The van der Waals surface area contributed by atoms with Gasteiger partial charge in [-0.3, -0.25) is 0 Å². The topological polar surface area (TPSA) is 53.1 Å². The van der Waals surface area contributed by atoms with Crippen LogP contribution in [-0.4, -0.2) is 16.7 Å². The second-order valence-electron chi connectivity index (χ2n) is 4.69. The van der Waals surface area contributed by atoms with E-state index in [4.69, 9.17) is 22.1 Å². The zero-order chi connectivity index (χ0) is 13.3. The summed E-state index contributed by atoms with van der Waals surface area (Å²) in [5, 5.41) is 0.560. The van der Waals surface area contributed by atoms with Gasteiger partial charge in [0.25, 0.3) is 0 Å². The van der Waals surface area contributed by atoms with Gasteiger partial charge in [0.1, 0.15) is 5.75 Å². The minimum Gasteiger partial charge on any atom is -0.495 e. The predicted molar refractivity (Wildman–Crippen MR) is 72.3 cm³/mol. The van der Waals surface area contributed by atoms with Gasteiger partial charge in [-0.05, 0) is 32.0 Å². The van der Waals surface area contributed by atoms with Gasteiger partial charge >= 0.3 is 0 Å². The predicted octanol–water partition coefficient (Wildman–Crippen LogP) is 2.73. The average molecular weight is 266 g/mol. The highest BCUT2D eigenvalue weighted by Gasteiger charge is 2.20. The van der Waals surface area contributed by atoms with Gasteiger partial charge in [-0.25, -0.2) is 4.98 Å². The summed E-state index contributed by atoms with van der Waals surface area (Å²) in [5.74, 6) is 0.647. The van der Waals surface area contributed by atoms with E-state index in [-0.39, 0.29) is 0 Å². The maximum absolute atomic E-state index is 6.12. The molecule has 0 amide bonds. The molecule has 1 aromatic carbocycles. The van der Waals surface area contributed by atoms with Crippen molar-refractivity contribution >= 4 is 11.6 Å². The molecule has 1 heterocycles. The number of nitrogens with two attached hydrogens (primary N) is 1. The Balaban J connectivity index is 2.50. The van der Waals surface area contributed by atoms with Gasteiger partial charge in [-0.15, -0.1) is 0 Å². The molecule has 0 unspecified atom stereocenters. The number of ether oxygens (including phenoxy) is 1. The van der Waals surface area contributed by atoms with Crippen LogP contribution < -0.4 is 10.5 Å². The number of imidazole rings is 1. The lowest BCUT2D eigenvalue weighted by molar-refractivity contribution is 0.415. The first kappa shape index (κ1) is 12.9. The number of halogens is 1. The lowest BCUT2D eigenvalue weighted by Crippen LogP contribution is -2.31. The second kappa shape index (κ2) is 4.63. The highest BCUT2D eigenvalue weighted by Crippen LogP contribution is 2.28. The van der Waals surface area contributed by atoms with Gasteiger partial charge in [0.05, 0.1) is 35.9 Å². The summed E-state index contributed by atoms with van der Waals surface area (Å²) < 4.78 is 7.06. The normalized spacial score (nSPS) is 11.6. The number of methoxy groups -OCH3 is 1. The summed E-state index contributed by atoms with van der Waals surface area (Å²) in [5.41, 5.74) is 7.47. The number of nitrogens with zero attached hydrogens (tertiary/aromatic N) is 2. The van der Waals surface area contributed by atoms with Crippen molar-refractivity contribution in [3.05, 3.63) is 41.4 Å². The Labute approximate surface area is 111 Å². The van der Waals surface area contributed by atoms with Crippen molar-refractivity contribution in [2.24, 2.45) is 5.73 Å². The Morgan fingerprint density at radius 1 is 1.39 bits per heavy atom. The van der Waals surface area contributed by atoms with Crippen molar-refractivity contribution in [1.29, 1.82) is 0 Å². The lowest BCUT2D eigenvalue weighted by atomic mass is 10.0. The van der Waals surface area contributed by atoms with Crippen LogP contribution in [0.2, 0.25) is 5.02 Å². The van der Waals surface area contributed by atoms with E-state index in [2.05, 4.69) is 4.98 Å². The molecule has 2 N–H and O–H groups in total. The number of hydrogen-bond donors (Lipinski definition) is 1. The minimum absolute atomic E-state index is 0.469. The van der Waals surface area contributed by atoms with Gasteiger partial charge in [0.2, 0.25) is 0 Å². The summed E-state index contributed by atoms with van der Waals surface area (Å²) in [7, 11) is 1.59.